The molecular weight excluding hydrogens is 310 g/mol. The molecule has 24 heavy (non-hydrogen) atoms. The van der Waals surface area contributed by atoms with Gasteiger partial charge in [0.2, 0.25) is 6.79 Å². The SMILES string of the molecule is O=C1c2ccccc2C(=O)N1OC/C=C/c1ccc2c(c1)OCO2. The van der Waals surface area contributed by atoms with Crippen LogP contribution >= 0.6 is 0 Å². The van der Waals surface area contributed by atoms with Crippen molar-refractivity contribution in [2.75, 3.05) is 13.4 Å². The fraction of sp³-hybridized carbons (Fsp3) is 0.111. The Balaban J connectivity index is 1.40. The Labute approximate surface area is 137 Å². The van der Waals surface area contributed by atoms with Crippen LogP contribution in [0.4, 0.5) is 0 Å². The van der Waals surface area contributed by atoms with Crippen LogP contribution in [0.1, 0.15) is 26.3 Å². The maximum atomic E-state index is 12.1. The molecule has 2 aromatic rings. The van der Waals surface area contributed by atoms with E-state index in [0.29, 0.717) is 16.9 Å². The average molecular weight is 323 g/mol. The minimum Gasteiger partial charge on any atom is -0.454 e. The van der Waals surface area contributed by atoms with Crippen molar-refractivity contribution < 1.29 is 23.9 Å². The third-order valence-electron chi connectivity index (χ3n) is 3.76. The number of imide groups is 1. The lowest BCUT2D eigenvalue weighted by atomic mass is 10.1. The largest absolute Gasteiger partial charge is 0.454 e. The number of carbonyl (C=O) groups is 2. The zero-order valence-electron chi connectivity index (χ0n) is 12.6. The van der Waals surface area contributed by atoms with Crippen LogP contribution in [0.15, 0.2) is 48.5 Å². The molecule has 6 heteroatoms. The van der Waals surface area contributed by atoms with Gasteiger partial charge in [0.1, 0.15) is 0 Å². The predicted octanol–water partition coefficient (Wildman–Crippen LogP) is 2.66. The molecule has 0 radical (unpaired) electrons. The van der Waals surface area contributed by atoms with Crippen molar-refractivity contribution in [2.45, 2.75) is 0 Å². The molecule has 0 bridgehead atoms. The van der Waals surface area contributed by atoms with Crippen molar-refractivity contribution in [2.24, 2.45) is 0 Å². The van der Waals surface area contributed by atoms with E-state index < -0.39 is 11.8 Å². The number of benzene rings is 2. The van der Waals surface area contributed by atoms with Gasteiger partial charge in [0, 0.05) is 0 Å². The zero-order valence-corrected chi connectivity index (χ0v) is 12.6. The first kappa shape index (κ1) is 14.5. The smallest absolute Gasteiger partial charge is 0.285 e. The van der Waals surface area contributed by atoms with E-state index >= 15 is 0 Å². The molecule has 6 nitrogen and oxygen atoms in total. The standard InChI is InChI=1S/C18H13NO5/c20-17-13-5-1-2-6-14(13)18(21)19(17)24-9-3-4-12-7-8-15-16(10-12)23-11-22-15/h1-8,10H,9,11H2/b4-3+. The number of fused-ring (bicyclic) bond motifs is 2. The highest BCUT2D eigenvalue weighted by atomic mass is 16.7. The van der Waals surface area contributed by atoms with Crippen LogP contribution in [-0.4, -0.2) is 30.3 Å². The molecule has 0 aromatic heterocycles. The van der Waals surface area contributed by atoms with Crippen LogP contribution in [0, 0.1) is 0 Å². The molecule has 0 unspecified atom stereocenters. The summed E-state index contributed by atoms with van der Waals surface area (Å²) < 4.78 is 10.6. The summed E-state index contributed by atoms with van der Waals surface area (Å²) in [7, 11) is 0. The normalized spacial score (nSPS) is 15.4. The third-order valence-corrected chi connectivity index (χ3v) is 3.76. The fourth-order valence-corrected chi connectivity index (χ4v) is 2.60. The third kappa shape index (κ3) is 2.43. The summed E-state index contributed by atoms with van der Waals surface area (Å²) in [5.41, 5.74) is 1.63. The highest BCUT2D eigenvalue weighted by Crippen LogP contribution is 2.32. The molecule has 120 valence electrons. The van der Waals surface area contributed by atoms with E-state index in [1.165, 1.54) is 0 Å². The number of hydroxylamine groups is 2. The average Bonchev–Trinajstić information content (AvgIpc) is 3.16. The number of rotatable bonds is 4. The molecule has 0 N–H and O–H groups in total. The molecule has 2 aromatic carbocycles. The van der Waals surface area contributed by atoms with E-state index in [9.17, 15) is 9.59 Å². The second-order valence-corrected chi connectivity index (χ2v) is 5.26. The Morgan fingerprint density at radius 3 is 2.46 bits per heavy atom. The van der Waals surface area contributed by atoms with Crippen LogP contribution in [0.25, 0.3) is 6.08 Å². The summed E-state index contributed by atoms with van der Waals surface area (Å²) in [5.74, 6) is 0.534. The number of amides is 2. The Kier molecular flexibility index (Phi) is 3.51. The molecular formula is C18H13NO5. The first-order valence-electron chi connectivity index (χ1n) is 7.41. The van der Waals surface area contributed by atoms with Crippen molar-refractivity contribution in [3.63, 3.8) is 0 Å². The molecule has 2 heterocycles. The molecule has 0 atom stereocenters. The summed E-state index contributed by atoms with van der Waals surface area (Å²) in [4.78, 5) is 29.6. The second kappa shape index (κ2) is 5.82. The molecule has 4 rings (SSSR count). The number of ether oxygens (including phenoxy) is 2. The minimum atomic E-state index is -0.438. The van der Waals surface area contributed by atoms with Crippen molar-refractivity contribution in [1.82, 2.24) is 5.06 Å². The molecule has 0 saturated carbocycles. The van der Waals surface area contributed by atoms with Gasteiger partial charge in [0.15, 0.2) is 11.5 Å². The van der Waals surface area contributed by atoms with E-state index in [2.05, 4.69) is 0 Å². The van der Waals surface area contributed by atoms with E-state index in [4.69, 9.17) is 14.3 Å². The molecule has 2 aliphatic heterocycles. The van der Waals surface area contributed by atoms with Crippen LogP contribution in [0.2, 0.25) is 0 Å². The Bertz CT molecular complexity index is 823. The van der Waals surface area contributed by atoms with E-state index in [-0.39, 0.29) is 13.4 Å². The maximum absolute atomic E-state index is 12.1. The van der Waals surface area contributed by atoms with Gasteiger partial charge in [-0.05, 0) is 29.8 Å². The summed E-state index contributed by atoms with van der Waals surface area (Å²) in [6.45, 7) is 0.325. The van der Waals surface area contributed by atoms with Crippen LogP contribution in [0.5, 0.6) is 11.5 Å². The molecule has 2 aliphatic rings. The van der Waals surface area contributed by atoms with Crippen molar-refractivity contribution in [3.05, 3.63) is 65.2 Å². The van der Waals surface area contributed by atoms with Gasteiger partial charge < -0.3 is 9.47 Å². The first-order valence-corrected chi connectivity index (χ1v) is 7.41. The highest BCUT2D eigenvalue weighted by Gasteiger charge is 2.36. The highest BCUT2D eigenvalue weighted by molar-refractivity contribution is 6.20. The van der Waals surface area contributed by atoms with E-state index in [1.54, 1.807) is 30.3 Å². The summed E-state index contributed by atoms with van der Waals surface area (Å²) >= 11 is 0. The molecule has 0 spiro atoms. The van der Waals surface area contributed by atoms with Crippen LogP contribution in [-0.2, 0) is 4.84 Å². The monoisotopic (exact) mass is 323 g/mol. The summed E-state index contributed by atoms with van der Waals surface area (Å²) in [6, 6.07) is 12.2. The van der Waals surface area contributed by atoms with Gasteiger partial charge in [-0.3, -0.25) is 14.4 Å². The lowest BCUT2D eigenvalue weighted by Crippen LogP contribution is -2.29. The van der Waals surface area contributed by atoms with Gasteiger partial charge in [-0.15, -0.1) is 5.06 Å². The lowest BCUT2D eigenvalue weighted by Gasteiger charge is -2.11. The predicted molar refractivity (Wildman–Crippen MR) is 84.5 cm³/mol. The summed E-state index contributed by atoms with van der Waals surface area (Å²) in [5, 5.41) is 0.800. The van der Waals surface area contributed by atoms with E-state index in [1.807, 2.05) is 24.3 Å². The zero-order chi connectivity index (χ0) is 16.5. The van der Waals surface area contributed by atoms with Gasteiger partial charge >= 0.3 is 0 Å². The topological polar surface area (TPSA) is 65.1 Å². The minimum absolute atomic E-state index is 0.0971. The second-order valence-electron chi connectivity index (χ2n) is 5.26. The molecule has 0 saturated heterocycles. The van der Waals surface area contributed by atoms with Gasteiger partial charge in [-0.25, -0.2) is 0 Å². The number of hydrogen-bond donors (Lipinski definition) is 0. The van der Waals surface area contributed by atoms with Crippen LogP contribution in [0.3, 0.4) is 0 Å². The number of nitrogens with zero attached hydrogens (tertiary/aromatic N) is 1. The van der Waals surface area contributed by atoms with Gasteiger partial charge in [0.25, 0.3) is 11.8 Å². The fourth-order valence-electron chi connectivity index (χ4n) is 2.60. The molecule has 0 fully saturated rings. The van der Waals surface area contributed by atoms with Gasteiger partial charge in [-0.2, -0.15) is 0 Å². The Morgan fingerprint density at radius 2 is 1.71 bits per heavy atom. The van der Waals surface area contributed by atoms with Crippen molar-refractivity contribution in [3.8, 4) is 11.5 Å². The maximum Gasteiger partial charge on any atom is 0.285 e. The van der Waals surface area contributed by atoms with Crippen LogP contribution < -0.4 is 9.47 Å². The summed E-state index contributed by atoms with van der Waals surface area (Å²) in [6.07, 6.45) is 3.54. The van der Waals surface area contributed by atoms with Gasteiger partial charge in [-0.1, -0.05) is 30.4 Å². The molecule has 2 amide bonds. The number of carbonyl (C=O) groups excluding carboxylic acids is 2. The van der Waals surface area contributed by atoms with Crippen molar-refractivity contribution >= 4 is 17.9 Å². The molecule has 0 aliphatic carbocycles. The lowest BCUT2D eigenvalue weighted by molar-refractivity contribution is -0.0800. The quantitative estimate of drug-likeness (QED) is 0.809. The Hall–Kier alpha value is -3.12. The Morgan fingerprint density at radius 1 is 1.00 bits per heavy atom. The first-order chi connectivity index (χ1) is 11.7. The number of hydrogen-bond acceptors (Lipinski definition) is 5. The van der Waals surface area contributed by atoms with Crippen molar-refractivity contribution in [1.29, 1.82) is 0 Å². The van der Waals surface area contributed by atoms with Gasteiger partial charge in [0.05, 0.1) is 17.7 Å². The van der Waals surface area contributed by atoms with E-state index in [0.717, 1.165) is 16.4 Å².